The Morgan fingerprint density at radius 2 is 1.85 bits per heavy atom. The van der Waals surface area contributed by atoms with Gasteiger partial charge in [-0.3, -0.25) is 0 Å². The summed E-state index contributed by atoms with van der Waals surface area (Å²) in [4.78, 5) is 0. The lowest BCUT2D eigenvalue weighted by molar-refractivity contribution is 0.00578. The molecule has 2 rings (SSSR count). The highest BCUT2D eigenvalue weighted by molar-refractivity contribution is 6.51. The molecule has 110 valence electrons. The third-order valence-corrected chi connectivity index (χ3v) is 3.83. The summed E-state index contributed by atoms with van der Waals surface area (Å²) >= 11 is 0. The molecule has 1 fully saturated rings. The van der Waals surface area contributed by atoms with Crippen LogP contribution < -0.4 is 5.32 Å². The van der Waals surface area contributed by atoms with E-state index in [1.165, 1.54) is 0 Å². The predicted octanol–water partition coefficient (Wildman–Crippen LogP) is 2.97. The molecule has 1 atom stereocenters. The quantitative estimate of drug-likeness (QED) is 0.858. The molecule has 0 radical (unpaired) electrons. The first-order valence-electron chi connectivity index (χ1n) is 6.93. The Morgan fingerprint density at radius 1 is 1.25 bits per heavy atom. The van der Waals surface area contributed by atoms with E-state index in [9.17, 15) is 0 Å². The molecule has 1 N–H and O–H groups in total. The highest BCUT2D eigenvalue weighted by Gasteiger charge is 2.49. The number of aromatic nitrogens is 1. The summed E-state index contributed by atoms with van der Waals surface area (Å²) in [5.41, 5.74) is 0.246. The fraction of sp³-hybridized carbons (Fsp3) is 0.643. The third kappa shape index (κ3) is 3.24. The Hall–Kier alpha value is -1.27. The van der Waals surface area contributed by atoms with Gasteiger partial charge in [-0.2, -0.15) is 0 Å². The van der Waals surface area contributed by atoms with Gasteiger partial charge in [0.25, 0.3) is 0 Å². The Bertz CT molecular complexity index is 480. The molecule has 1 aromatic rings. The van der Waals surface area contributed by atoms with Gasteiger partial charge in [0.15, 0.2) is 0 Å². The van der Waals surface area contributed by atoms with Gasteiger partial charge in [-0.1, -0.05) is 17.2 Å². The van der Waals surface area contributed by atoms with Crippen molar-refractivity contribution in [1.29, 1.82) is 0 Å². The molecular formula is C14H23BN2O3. The number of nitrogens with one attached hydrogen (secondary N) is 1. The highest BCUT2D eigenvalue weighted by atomic mass is 16.7. The van der Waals surface area contributed by atoms with Gasteiger partial charge in [0.1, 0.15) is 0 Å². The van der Waals surface area contributed by atoms with Gasteiger partial charge in [-0.25, -0.2) is 0 Å². The second-order valence-corrected chi connectivity index (χ2v) is 6.28. The van der Waals surface area contributed by atoms with Crippen molar-refractivity contribution < 1.29 is 13.8 Å². The minimum Gasteiger partial charge on any atom is -0.400 e. The zero-order valence-electron chi connectivity index (χ0n) is 13.1. The van der Waals surface area contributed by atoms with Crippen LogP contribution in [0.5, 0.6) is 0 Å². The van der Waals surface area contributed by atoms with Gasteiger partial charge >= 0.3 is 7.12 Å². The molecule has 6 heteroatoms. The molecule has 2 heterocycles. The maximum atomic E-state index is 5.90. The van der Waals surface area contributed by atoms with Crippen molar-refractivity contribution >= 4 is 13.0 Å². The topological polar surface area (TPSA) is 56.5 Å². The van der Waals surface area contributed by atoms with E-state index in [0.29, 0.717) is 5.88 Å². The van der Waals surface area contributed by atoms with Crippen molar-refractivity contribution in [2.45, 2.75) is 58.8 Å². The predicted molar refractivity (Wildman–Crippen MR) is 79.5 cm³/mol. The second kappa shape index (κ2) is 5.26. The monoisotopic (exact) mass is 278 g/mol. The Balaban J connectivity index is 1.90. The molecule has 0 amide bonds. The van der Waals surface area contributed by atoms with E-state index in [0.717, 1.165) is 5.69 Å². The van der Waals surface area contributed by atoms with E-state index in [1.54, 1.807) is 0 Å². The normalized spacial score (nSPS) is 22.4. The number of hydrogen-bond acceptors (Lipinski definition) is 5. The van der Waals surface area contributed by atoms with E-state index in [-0.39, 0.29) is 24.4 Å². The molecule has 0 bridgehead atoms. The standard InChI is InChI=1S/C14H23BN2O3/c1-10(16-12-9-11(2)17-18-12)7-8-15-19-13(3,4)14(5,6)20-15/h7-10,16H,1-6H3/b8-7+/t10-/m0/s1. The van der Waals surface area contributed by atoms with Crippen molar-refractivity contribution in [2.75, 3.05) is 5.32 Å². The first kappa shape index (κ1) is 15.1. The van der Waals surface area contributed by atoms with E-state index in [2.05, 4.69) is 10.5 Å². The highest BCUT2D eigenvalue weighted by Crippen LogP contribution is 2.36. The lowest BCUT2D eigenvalue weighted by atomic mass is 9.89. The van der Waals surface area contributed by atoms with Gasteiger partial charge in [-0.15, -0.1) is 0 Å². The smallest absolute Gasteiger partial charge is 0.400 e. The van der Waals surface area contributed by atoms with Crippen molar-refractivity contribution in [1.82, 2.24) is 5.16 Å². The first-order chi connectivity index (χ1) is 9.19. The molecule has 0 spiro atoms. The molecule has 0 saturated carbocycles. The van der Waals surface area contributed by atoms with Crippen molar-refractivity contribution in [2.24, 2.45) is 0 Å². The average Bonchev–Trinajstić information content (AvgIpc) is 2.78. The summed E-state index contributed by atoms with van der Waals surface area (Å²) in [6, 6.07) is 1.96. The summed E-state index contributed by atoms with van der Waals surface area (Å²) in [5, 5.41) is 7.04. The summed E-state index contributed by atoms with van der Waals surface area (Å²) in [5.74, 6) is 2.59. The molecular weight excluding hydrogens is 255 g/mol. The first-order valence-corrected chi connectivity index (χ1v) is 6.93. The lowest BCUT2D eigenvalue weighted by Gasteiger charge is -2.32. The van der Waals surface area contributed by atoms with Crippen LogP contribution in [-0.4, -0.2) is 29.5 Å². The Kier molecular flexibility index (Phi) is 3.98. The van der Waals surface area contributed by atoms with Crippen molar-refractivity contribution in [3.63, 3.8) is 0 Å². The van der Waals surface area contributed by atoms with Gasteiger partial charge in [0.2, 0.25) is 5.88 Å². The molecule has 1 aromatic heterocycles. The number of rotatable bonds is 4. The summed E-state index contributed by atoms with van der Waals surface area (Å²) < 4.78 is 16.9. The van der Waals surface area contributed by atoms with Crippen LogP contribution in [0.25, 0.3) is 0 Å². The van der Waals surface area contributed by atoms with Crippen LogP contribution in [0.3, 0.4) is 0 Å². The molecule has 0 unspecified atom stereocenters. The van der Waals surface area contributed by atoms with Gasteiger partial charge in [0, 0.05) is 12.1 Å². The van der Waals surface area contributed by atoms with Crippen molar-refractivity contribution in [3.05, 3.63) is 23.8 Å². The molecule has 1 aliphatic heterocycles. The average molecular weight is 278 g/mol. The molecule has 0 aliphatic carbocycles. The SMILES string of the molecule is Cc1cc(N[C@@H](C)/C=C/B2OC(C)(C)C(C)(C)O2)on1. The number of aryl methyl sites for hydroxylation is 1. The number of anilines is 1. The fourth-order valence-corrected chi connectivity index (χ4v) is 1.93. The number of hydrogen-bond donors (Lipinski definition) is 1. The van der Waals surface area contributed by atoms with Crippen molar-refractivity contribution in [3.8, 4) is 0 Å². The van der Waals surface area contributed by atoms with Crippen LogP contribution in [0.2, 0.25) is 0 Å². The van der Waals surface area contributed by atoms with Crippen LogP contribution in [0.15, 0.2) is 22.6 Å². The molecule has 5 nitrogen and oxygen atoms in total. The van der Waals surface area contributed by atoms with Gasteiger partial charge in [0.05, 0.1) is 16.9 Å². The van der Waals surface area contributed by atoms with E-state index in [1.807, 2.05) is 59.7 Å². The largest absolute Gasteiger partial charge is 0.486 e. The minimum absolute atomic E-state index is 0.0985. The van der Waals surface area contributed by atoms with E-state index >= 15 is 0 Å². The lowest BCUT2D eigenvalue weighted by Crippen LogP contribution is -2.41. The zero-order valence-corrected chi connectivity index (χ0v) is 13.1. The molecule has 1 aliphatic rings. The maximum Gasteiger partial charge on any atom is 0.486 e. The van der Waals surface area contributed by atoms with Crippen LogP contribution in [0.1, 0.15) is 40.3 Å². The third-order valence-electron chi connectivity index (χ3n) is 3.83. The summed E-state index contributed by atoms with van der Waals surface area (Å²) in [6.07, 6.45) is 2.00. The summed E-state index contributed by atoms with van der Waals surface area (Å²) in [6.45, 7) is 12.1. The molecule has 1 saturated heterocycles. The maximum absolute atomic E-state index is 5.90. The summed E-state index contributed by atoms with van der Waals surface area (Å²) in [7, 11) is -0.319. The fourth-order valence-electron chi connectivity index (χ4n) is 1.93. The molecule has 0 aromatic carbocycles. The van der Waals surface area contributed by atoms with E-state index < -0.39 is 0 Å². The van der Waals surface area contributed by atoms with Gasteiger partial charge in [-0.05, 0) is 41.5 Å². The van der Waals surface area contributed by atoms with Crippen LogP contribution in [-0.2, 0) is 9.31 Å². The van der Waals surface area contributed by atoms with Crippen LogP contribution in [0, 0.1) is 6.92 Å². The van der Waals surface area contributed by atoms with Crippen LogP contribution >= 0.6 is 0 Å². The number of nitrogens with zero attached hydrogens (tertiary/aromatic N) is 1. The Morgan fingerprint density at radius 3 is 2.35 bits per heavy atom. The van der Waals surface area contributed by atoms with E-state index in [4.69, 9.17) is 13.8 Å². The second-order valence-electron chi connectivity index (χ2n) is 6.28. The minimum atomic E-state index is -0.319. The Labute approximate surface area is 120 Å². The molecule has 20 heavy (non-hydrogen) atoms. The van der Waals surface area contributed by atoms with Gasteiger partial charge < -0.3 is 19.1 Å². The van der Waals surface area contributed by atoms with Crippen LogP contribution in [0.4, 0.5) is 5.88 Å². The zero-order chi connectivity index (χ0) is 15.0.